The molecule has 0 aromatic heterocycles. The second-order valence-corrected chi connectivity index (χ2v) is 6.25. The molecule has 0 aliphatic carbocycles. The van der Waals surface area contributed by atoms with Crippen molar-refractivity contribution in [3.8, 4) is 0 Å². The fourth-order valence-electron chi connectivity index (χ4n) is 0.964. The van der Waals surface area contributed by atoms with Crippen LogP contribution >= 0.6 is 0 Å². The Balaban J connectivity index is 3.67. The Bertz CT molecular complexity index is 301. The lowest BCUT2D eigenvalue weighted by atomic mass is 10.2. The van der Waals surface area contributed by atoms with Crippen molar-refractivity contribution in [1.82, 2.24) is 10.6 Å². The van der Waals surface area contributed by atoms with Gasteiger partial charge in [0.05, 0.1) is 12.3 Å². The second kappa shape index (κ2) is 7.62. The van der Waals surface area contributed by atoms with Crippen LogP contribution in [-0.2, 0) is 14.6 Å². The number of hydrogen-bond donors (Lipinski definition) is 2. The van der Waals surface area contributed by atoms with Crippen molar-refractivity contribution in [3.63, 3.8) is 0 Å². The quantitative estimate of drug-likeness (QED) is 0.632. The van der Waals surface area contributed by atoms with E-state index in [0.29, 0.717) is 6.04 Å². The van der Waals surface area contributed by atoms with Crippen LogP contribution in [0.25, 0.3) is 0 Å². The summed E-state index contributed by atoms with van der Waals surface area (Å²) in [6, 6.07) is 0.296. The van der Waals surface area contributed by atoms with Crippen molar-refractivity contribution in [1.29, 1.82) is 0 Å². The minimum absolute atomic E-state index is 0.0125. The minimum atomic E-state index is -2.99. The first-order chi connectivity index (χ1) is 7.41. The summed E-state index contributed by atoms with van der Waals surface area (Å²) in [5.74, 6) is -0.0290. The van der Waals surface area contributed by atoms with Crippen molar-refractivity contribution in [2.45, 2.75) is 33.2 Å². The Morgan fingerprint density at radius 1 is 1.31 bits per heavy atom. The van der Waals surface area contributed by atoms with Gasteiger partial charge in [0.2, 0.25) is 5.91 Å². The van der Waals surface area contributed by atoms with Crippen LogP contribution in [0, 0.1) is 0 Å². The van der Waals surface area contributed by atoms with E-state index in [4.69, 9.17) is 0 Å². The first-order valence-corrected chi connectivity index (χ1v) is 7.44. The molecule has 1 atom stereocenters. The molecule has 0 fully saturated rings. The number of rotatable bonds is 8. The van der Waals surface area contributed by atoms with E-state index in [9.17, 15) is 13.2 Å². The van der Waals surface area contributed by atoms with Gasteiger partial charge in [0.25, 0.3) is 0 Å². The Labute approximate surface area is 97.9 Å². The lowest BCUT2D eigenvalue weighted by molar-refractivity contribution is -0.120. The minimum Gasteiger partial charge on any atom is -0.354 e. The van der Waals surface area contributed by atoms with E-state index in [0.717, 1.165) is 6.42 Å². The Kier molecular flexibility index (Phi) is 7.33. The summed E-state index contributed by atoms with van der Waals surface area (Å²) in [7, 11) is -2.99. The smallest absolute Gasteiger partial charge is 0.233 e. The molecule has 0 aromatic rings. The van der Waals surface area contributed by atoms with Crippen LogP contribution in [0.1, 0.15) is 27.2 Å². The third-order valence-corrected chi connectivity index (χ3v) is 4.10. The number of hydrogen-bond acceptors (Lipinski definition) is 4. The zero-order valence-corrected chi connectivity index (χ0v) is 11.1. The summed E-state index contributed by atoms with van der Waals surface area (Å²) in [6.45, 7) is 6.05. The van der Waals surface area contributed by atoms with Gasteiger partial charge in [-0.05, 0) is 13.3 Å². The monoisotopic (exact) mass is 250 g/mol. The molecule has 16 heavy (non-hydrogen) atoms. The average Bonchev–Trinajstić information content (AvgIpc) is 2.25. The molecule has 5 nitrogen and oxygen atoms in total. The van der Waals surface area contributed by atoms with Gasteiger partial charge >= 0.3 is 0 Å². The van der Waals surface area contributed by atoms with Crippen LogP contribution in [0.2, 0.25) is 0 Å². The standard InChI is InChI=1S/C10H22N2O3S/c1-4-9(3)12-8-10(13)11-6-7-16(14,15)5-2/h9,12H,4-8H2,1-3H3,(H,11,13). The number of carbonyl (C=O) groups is 1. The van der Waals surface area contributed by atoms with E-state index in [1.54, 1.807) is 6.92 Å². The molecule has 0 saturated heterocycles. The summed E-state index contributed by atoms with van der Waals surface area (Å²) < 4.78 is 22.3. The predicted molar refractivity (Wildman–Crippen MR) is 65.1 cm³/mol. The van der Waals surface area contributed by atoms with Gasteiger partial charge in [-0.2, -0.15) is 0 Å². The van der Waals surface area contributed by atoms with E-state index in [-0.39, 0.29) is 30.5 Å². The molecule has 1 amide bonds. The van der Waals surface area contributed by atoms with Gasteiger partial charge in [0.1, 0.15) is 0 Å². The number of carbonyl (C=O) groups excluding carboxylic acids is 1. The highest BCUT2D eigenvalue weighted by atomic mass is 32.2. The summed E-state index contributed by atoms with van der Waals surface area (Å²) >= 11 is 0. The second-order valence-electron chi connectivity index (χ2n) is 3.78. The Morgan fingerprint density at radius 3 is 2.44 bits per heavy atom. The van der Waals surface area contributed by atoms with E-state index < -0.39 is 9.84 Å². The number of amides is 1. The van der Waals surface area contributed by atoms with Crippen LogP contribution in [0.15, 0.2) is 0 Å². The molecule has 1 unspecified atom stereocenters. The van der Waals surface area contributed by atoms with E-state index in [1.807, 2.05) is 13.8 Å². The van der Waals surface area contributed by atoms with Crippen molar-refractivity contribution < 1.29 is 13.2 Å². The summed E-state index contributed by atoms with van der Waals surface area (Å²) in [5, 5.41) is 5.60. The van der Waals surface area contributed by atoms with E-state index >= 15 is 0 Å². The highest BCUT2D eigenvalue weighted by Crippen LogP contribution is 1.88. The molecule has 0 bridgehead atoms. The normalized spacial score (nSPS) is 13.4. The van der Waals surface area contributed by atoms with Crippen LogP contribution < -0.4 is 10.6 Å². The summed E-state index contributed by atoms with van der Waals surface area (Å²) in [4.78, 5) is 11.3. The molecule has 0 saturated carbocycles. The zero-order valence-electron chi connectivity index (χ0n) is 10.2. The highest BCUT2D eigenvalue weighted by Gasteiger charge is 2.08. The molecule has 0 aromatic carbocycles. The zero-order chi connectivity index (χ0) is 12.6. The molecule has 0 aliphatic rings. The molecular weight excluding hydrogens is 228 g/mol. The van der Waals surface area contributed by atoms with Crippen LogP contribution in [0.5, 0.6) is 0 Å². The Hall–Kier alpha value is -0.620. The van der Waals surface area contributed by atoms with Crippen molar-refractivity contribution in [2.75, 3.05) is 24.6 Å². The van der Waals surface area contributed by atoms with Gasteiger partial charge in [-0.3, -0.25) is 4.79 Å². The van der Waals surface area contributed by atoms with Crippen molar-refractivity contribution in [3.05, 3.63) is 0 Å². The van der Waals surface area contributed by atoms with Gasteiger partial charge in [-0.1, -0.05) is 13.8 Å². The molecule has 0 spiro atoms. The third-order valence-electron chi connectivity index (χ3n) is 2.40. The summed E-state index contributed by atoms with van der Waals surface area (Å²) in [5.41, 5.74) is 0. The van der Waals surface area contributed by atoms with Crippen molar-refractivity contribution in [2.24, 2.45) is 0 Å². The first-order valence-electron chi connectivity index (χ1n) is 5.61. The molecule has 2 N–H and O–H groups in total. The number of sulfone groups is 1. The molecule has 0 aliphatic heterocycles. The van der Waals surface area contributed by atoms with Gasteiger partial charge in [0.15, 0.2) is 9.84 Å². The lowest BCUT2D eigenvalue weighted by Crippen LogP contribution is -2.39. The average molecular weight is 250 g/mol. The molecule has 0 radical (unpaired) electrons. The summed E-state index contributed by atoms with van der Waals surface area (Å²) in [6.07, 6.45) is 0.956. The number of nitrogens with one attached hydrogen (secondary N) is 2. The molecule has 0 rings (SSSR count). The van der Waals surface area contributed by atoms with Gasteiger partial charge < -0.3 is 10.6 Å². The van der Waals surface area contributed by atoms with Gasteiger partial charge in [-0.25, -0.2) is 8.42 Å². The maximum Gasteiger partial charge on any atom is 0.233 e. The topological polar surface area (TPSA) is 75.3 Å². The largest absolute Gasteiger partial charge is 0.354 e. The first kappa shape index (κ1) is 15.4. The maximum atomic E-state index is 11.3. The SMILES string of the molecule is CCC(C)NCC(=O)NCCS(=O)(=O)CC. The molecule has 6 heteroatoms. The van der Waals surface area contributed by atoms with Gasteiger partial charge in [-0.15, -0.1) is 0 Å². The van der Waals surface area contributed by atoms with Crippen LogP contribution in [0.3, 0.4) is 0 Å². The molecule has 96 valence electrons. The van der Waals surface area contributed by atoms with E-state index in [2.05, 4.69) is 10.6 Å². The third kappa shape index (κ3) is 7.64. The van der Waals surface area contributed by atoms with Crippen LogP contribution in [-0.4, -0.2) is 45.0 Å². The van der Waals surface area contributed by atoms with Crippen molar-refractivity contribution >= 4 is 15.7 Å². The fraction of sp³-hybridized carbons (Fsp3) is 0.900. The maximum absolute atomic E-state index is 11.3. The fourth-order valence-corrected chi connectivity index (χ4v) is 1.67. The van der Waals surface area contributed by atoms with Crippen LogP contribution in [0.4, 0.5) is 0 Å². The molecule has 0 heterocycles. The Morgan fingerprint density at radius 2 is 1.94 bits per heavy atom. The lowest BCUT2D eigenvalue weighted by Gasteiger charge is -2.11. The molecular formula is C10H22N2O3S. The highest BCUT2D eigenvalue weighted by molar-refractivity contribution is 7.91. The predicted octanol–water partition coefficient (Wildman–Crippen LogP) is -0.0746. The van der Waals surface area contributed by atoms with Gasteiger partial charge in [0, 0.05) is 18.3 Å². The van der Waals surface area contributed by atoms with E-state index in [1.165, 1.54) is 0 Å².